The summed E-state index contributed by atoms with van der Waals surface area (Å²) >= 11 is 0. The predicted molar refractivity (Wildman–Crippen MR) is 61.1 cm³/mol. The number of hydrogen-bond acceptors (Lipinski definition) is 1. The fourth-order valence-electron chi connectivity index (χ4n) is 2.05. The molecule has 0 fully saturated rings. The van der Waals surface area contributed by atoms with Gasteiger partial charge in [0.2, 0.25) is 0 Å². The first-order valence-electron chi connectivity index (χ1n) is 5.08. The van der Waals surface area contributed by atoms with Gasteiger partial charge in [-0.05, 0) is 43.9 Å². The van der Waals surface area contributed by atoms with Crippen molar-refractivity contribution in [3.63, 3.8) is 0 Å². The highest BCUT2D eigenvalue weighted by Gasteiger charge is 2.24. The minimum absolute atomic E-state index is 0.223. The molecule has 2 N–H and O–H groups in total. The van der Waals surface area contributed by atoms with E-state index < -0.39 is 0 Å². The number of benzene rings is 1. The lowest BCUT2D eigenvalue weighted by Gasteiger charge is -2.22. The monoisotopic (exact) mass is 187 g/mol. The summed E-state index contributed by atoms with van der Waals surface area (Å²) in [6, 6.07) is 6.61. The zero-order valence-corrected chi connectivity index (χ0v) is 9.09. The second-order valence-corrected chi connectivity index (χ2v) is 4.70. The molecule has 0 unspecified atom stereocenters. The Morgan fingerprint density at radius 1 is 1.29 bits per heavy atom. The van der Waals surface area contributed by atoms with Crippen molar-refractivity contribution >= 4 is 5.57 Å². The Bertz CT molecular complexity index is 394. The van der Waals surface area contributed by atoms with Crippen LogP contribution in [0.1, 0.15) is 30.5 Å². The Hall–Kier alpha value is -1.08. The smallest absolute Gasteiger partial charge is 0.0355 e. The Balaban J connectivity index is 2.51. The maximum Gasteiger partial charge on any atom is 0.0355 e. The van der Waals surface area contributed by atoms with Crippen LogP contribution in [0.15, 0.2) is 24.3 Å². The van der Waals surface area contributed by atoms with Crippen LogP contribution < -0.4 is 5.73 Å². The van der Waals surface area contributed by atoms with Gasteiger partial charge in [0.15, 0.2) is 0 Å². The fraction of sp³-hybridized carbons (Fsp3) is 0.385. The Kier molecular flexibility index (Phi) is 2.00. The van der Waals surface area contributed by atoms with Gasteiger partial charge in [0, 0.05) is 5.54 Å². The van der Waals surface area contributed by atoms with Crippen LogP contribution in [0.25, 0.3) is 5.57 Å². The van der Waals surface area contributed by atoms with E-state index in [-0.39, 0.29) is 5.54 Å². The van der Waals surface area contributed by atoms with Crippen LogP contribution in [0.5, 0.6) is 0 Å². The van der Waals surface area contributed by atoms with Gasteiger partial charge in [-0.3, -0.25) is 0 Å². The van der Waals surface area contributed by atoms with Gasteiger partial charge in [0.05, 0.1) is 0 Å². The maximum atomic E-state index is 6.14. The summed E-state index contributed by atoms with van der Waals surface area (Å²) in [5.74, 6) is 0. The lowest BCUT2D eigenvalue weighted by molar-refractivity contribution is 0.676. The predicted octanol–water partition coefficient (Wildman–Crippen LogP) is 2.67. The molecular weight excluding hydrogens is 170 g/mol. The molecule has 0 spiro atoms. The molecule has 1 aromatic rings. The Morgan fingerprint density at radius 2 is 2.00 bits per heavy atom. The van der Waals surface area contributed by atoms with Gasteiger partial charge in [-0.25, -0.2) is 0 Å². The van der Waals surface area contributed by atoms with E-state index in [1.807, 2.05) is 0 Å². The summed E-state index contributed by atoms with van der Waals surface area (Å²) in [5.41, 5.74) is 11.3. The number of nitrogens with two attached hydrogens (primary N) is 1. The standard InChI is InChI=1S/C13H17N/c1-9-4-5-10-6-7-12(11(10)8-9)13(2,3)14/h4-5,7-8H,6,14H2,1-3H3. The normalized spacial score (nSPS) is 15.3. The van der Waals surface area contributed by atoms with E-state index in [2.05, 4.69) is 45.0 Å². The minimum Gasteiger partial charge on any atom is -0.322 e. The van der Waals surface area contributed by atoms with Gasteiger partial charge in [0.1, 0.15) is 0 Å². The molecule has 0 heterocycles. The van der Waals surface area contributed by atoms with Crippen molar-refractivity contribution in [2.24, 2.45) is 5.73 Å². The van der Waals surface area contributed by atoms with Crippen LogP contribution in [0.2, 0.25) is 0 Å². The second kappa shape index (κ2) is 2.96. The molecule has 1 aliphatic rings. The van der Waals surface area contributed by atoms with Crippen molar-refractivity contribution in [2.45, 2.75) is 32.7 Å². The number of allylic oxidation sites excluding steroid dienone is 1. The zero-order valence-electron chi connectivity index (χ0n) is 9.09. The minimum atomic E-state index is -0.223. The fourth-order valence-corrected chi connectivity index (χ4v) is 2.05. The maximum absolute atomic E-state index is 6.14. The second-order valence-electron chi connectivity index (χ2n) is 4.70. The van der Waals surface area contributed by atoms with Gasteiger partial charge in [-0.15, -0.1) is 0 Å². The lowest BCUT2D eigenvalue weighted by Crippen LogP contribution is -2.32. The average molecular weight is 187 g/mol. The van der Waals surface area contributed by atoms with Crippen LogP contribution in [0.3, 0.4) is 0 Å². The number of rotatable bonds is 1. The molecule has 0 saturated carbocycles. The zero-order chi connectivity index (χ0) is 10.3. The van der Waals surface area contributed by atoms with Crippen LogP contribution in [-0.4, -0.2) is 5.54 Å². The number of hydrogen-bond donors (Lipinski definition) is 1. The van der Waals surface area contributed by atoms with Gasteiger partial charge in [-0.1, -0.05) is 29.8 Å². The van der Waals surface area contributed by atoms with Gasteiger partial charge >= 0.3 is 0 Å². The molecule has 0 saturated heterocycles. The molecule has 1 heteroatoms. The van der Waals surface area contributed by atoms with Crippen LogP contribution >= 0.6 is 0 Å². The van der Waals surface area contributed by atoms with E-state index in [0.29, 0.717) is 0 Å². The molecule has 1 aromatic carbocycles. The van der Waals surface area contributed by atoms with E-state index in [1.165, 1.54) is 22.3 Å². The van der Waals surface area contributed by atoms with Crippen molar-refractivity contribution in [3.8, 4) is 0 Å². The quantitative estimate of drug-likeness (QED) is 0.718. The highest BCUT2D eigenvalue weighted by atomic mass is 14.7. The number of aryl methyl sites for hydroxylation is 1. The molecule has 0 aromatic heterocycles. The molecule has 2 rings (SSSR count). The van der Waals surface area contributed by atoms with E-state index in [0.717, 1.165) is 6.42 Å². The summed E-state index contributed by atoms with van der Waals surface area (Å²) < 4.78 is 0. The summed E-state index contributed by atoms with van der Waals surface area (Å²) in [4.78, 5) is 0. The molecular formula is C13H17N. The molecule has 0 radical (unpaired) electrons. The summed E-state index contributed by atoms with van der Waals surface area (Å²) in [7, 11) is 0. The van der Waals surface area contributed by atoms with Crippen molar-refractivity contribution in [1.29, 1.82) is 0 Å². The number of fused-ring (bicyclic) bond motifs is 1. The topological polar surface area (TPSA) is 26.0 Å². The van der Waals surface area contributed by atoms with Crippen molar-refractivity contribution in [2.75, 3.05) is 0 Å². The van der Waals surface area contributed by atoms with E-state index in [1.54, 1.807) is 0 Å². The third-order valence-electron chi connectivity index (χ3n) is 2.78. The van der Waals surface area contributed by atoms with Gasteiger partial charge in [-0.2, -0.15) is 0 Å². The van der Waals surface area contributed by atoms with Crippen molar-refractivity contribution in [3.05, 3.63) is 41.0 Å². The largest absolute Gasteiger partial charge is 0.322 e. The highest BCUT2D eigenvalue weighted by Crippen LogP contribution is 2.34. The van der Waals surface area contributed by atoms with E-state index >= 15 is 0 Å². The van der Waals surface area contributed by atoms with E-state index in [4.69, 9.17) is 5.73 Å². The third kappa shape index (κ3) is 1.48. The first kappa shape index (κ1) is 9.47. The van der Waals surface area contributed by atoms with Gasteiger partial charge in [0.25, 0.3) is 0 Å². The van der Waals surface area contributed by atoms with Crippen LogP contribution in [0.4, 0.5) is 0 Å². The molecule has 14 heavy (non-hydrogen) atoms. The molecule has 74 valence electrons. The van der Waals surface area contributed by atoms with Crippen molar-refractivity contribution < 1.29 is 0 Å². The molecule has 0 bridgehead atoms. The average Bonchev–Trinajstić information content (AvgIpc) is 2.45. The van der Waals surface area contributed by atoms with Crippen LogP contribution in [-0.2, 0) is 6.42 Å². The Morgan fingerprint density at radius 3 is 2.64 bits per heavy atom. The van der Waals surface area contributed by atoms with E-state index in [9.17, 15) is 0 Å². The lowest BCUT2D eigenvalue weighted by atomic mass is 9.90. The molecule has 1 nitrogen and oxygen atoms in total. The molecule has 0 aliphatic heterocycles. The highest BCUT2D eigenvalue weighted by molar-refractivity contribution is 5.78. The molecule has 0 atom stereocenters. The summed E-state index contributed by atoms with van der Waals surface area (Å²) in [6.45, 7) is 6.26. The first-order chi connectivity index (χ1) is 6.48. The van der Waals surface area contributed by atoms with Crippen molar-refractivity contribution in [1.82, 2.24) is 0 Å². The summed E-state index contributed by atoms with van der Waals surface area (Å²) in [5, 5.41) is 0. The Labute approximate surface area is 85.6 Å². The summed E-state index contributed by atoms with van der Waals surface area (Å²) in [6.07, 6.45) is 3.29. The first-order valence-corrected chi connectivity index (χ1v) is 5.08. The molecule has 1 aliphatic carbocycles. The van der Waals surface area contributed by atoms with Gasteiger partial charge < -0.3 is 5.73 Å². The third-order valence-corrected chi connectivity index (χ3v) is 2.78. The van der Waals surface area contributed by atoms with Crippen LogP contribution in [0, 0.1) is 6.92 Å². The SMILES string of the molecule is Cc1ccc2c(c1)C(C(C)(C)N)=CC2. The molecule has 0 amide bonds.